The maximum Gasteiger partial charge on any atom is 0.0348 e. The summed E-state index contributed by atoms with van der Waals surface area (Å²) in [5, 5.41) is 6.40. The molecule has 0 radical (unpaired) electrons. The molecule has 1 aliphatic carbocycles. The van der Waals surface area contributed by atoms with Crippen molar-refractivity contribution in [3.05, 3.63) is 42.5 Å². The lowest BCUT2D eigenvalue weighted by Crippen LogP contribution is -2.20. The first-order valence-corrected chi connectivity index (χ1v) is 7.67. The van der Waals surface area contributed by atoms with Crippen molar-refractivity contribution in [2.75, 3.05) is 5.32 Å². The smallest absolute Gasteiger partial charge is 0.0348 e. The van der Waals surface area contributed by atoms with Crippen LogP contribution in [0, 0.1) is 0 Å². The molecule has 0 saturated heterocycles. The lowest BCUT2D eigenvalue weighted by Gasteiger charge is -2.22. The quantitative estimate of drug-likeness (QED) is 0.759. The molecule has 3 rings (SSSR count). The highest BCUT2D eigenvalue weighted by molar-refractivity contribution is 5.85. The SMILES string of the molecule is c1ccc2cc(NC3CCCCCCC3)ccc2c1. The van der Waals surface area contributed by atoms with E-state index in [4.69, 9.17) is 0 Å². The van der Waals surface area contributed by atoms with E-state index in [-0.39, 0.29) is 0 Å². The molecular weight excluding hydrogens is 230 g/mol. The van der Waals surface area contributed by atoms with Crippen molar-refractivity contribution in [3.8, 4) is 0 Å². The zero-order valence-corrected chi connectivity index (χ0v) is 11.6. The highest BCUT2D eigenvalue weighted by Gasteiger charge is 2.11. The summed E-state index contributed by atoms with van der Waals surface area (Å²) in [6.45, 7) is 0. The molecule has 0 spiro atoms. The van der Waals surface area contributed by atoms with Gasteiger partial charge in [0.1, 0.15) is 0 Å². The summed E-state index contributed by atoms with van der Waals surface area (Å²) in [6, 6.07) is 16.0. The van der Waals surface area contributed by atoms with Crippen molar-refractivity contribution in [2.24, 2.45) is 0 Å². The van der Waals surface area contributed by atoms with Crippen LogP contribution in [0.1, 0.15) is 44.9 Å². The maximum absolute atomic E-state index is 3.74. The normalized spacial score (nSPS) is 17.9. The molecule has 0 amide bonds. The third-order valence-corrected chi connectivity index (χ3v) is 4.23. The first-order valence-electron chi connectivity index (χ1n) is 7.67. The number of fused-ring (bicyclic) bond motifs is 1. The van der Waals surface area contributed by atoms with Crippen LogP contribution < -0.4 is 5.32 Å². The van der Waals surface area contributed by atoms with Crippen LogP contribution >= 0.6 is 0 Å². The Morgan fingerprint density at radius 1 is 0.737 bits per heavy atom. The van der Waals surface area contributed by atoms with Gasteiger partial charge in [-0.15, -0.1) is 0 Å². The van der Waals surface area contributed by atoms with E-state index in [1.807, 2.05) is 0 Å². The fourth-order valence-corrected chi connectivity index (χ4v) is 3.12. The second-order valence-corrected chi connectivity index (χ2v) is 5.75. The summed E-state index contributed by atoms with van der Waals surface area (Å²) in [5.41, 5.74) is 1.28. The van der Waals surface area contributed by atoms with Gasteiger partial charge in [-0.05, 0) is 35.7 Å². The average molecular weight is 253 g/mol. The molecule has 1 N–H and O–H groups in total. The van der Waals surface area contributed by atoms with Crippen molar-refractivity contribution >= 4 is 16.5 Å². The topological polar surface area (TPSA) is 12.0 Å². The van der Waals surface area contributed by atoms with Gasteiger partial charge >= 0.3 is 0 Å². The van der Waals surface area contributed by atoms with Crippen LogP contribution in [-0.2, 0) is 0 Å². The van der Waals surface area contributed by atoms with Crippen LogP contribution in [0.5, 0.6) is 0 Å². The Morgan fingerprint density at radius 3 is 2.21 bits per heavy atom. The van der Waals surface area contributed by atoms with Gasteiger partial charge in [0, 0.05) is 11.7 Å². The molecule has 0 heterocycles. The van der Waals surface area contributed by atoms with E-state index in [1.165, 1.54) is 61.4 Å². The lowest BCUT2D eigenvalue weighted by atomic mass is 9.96. The summed E-state index contributed by atoms with van der Waals surface area (Å²) in [6.07, 6.45) is 9.67. The van der Waals surface area contributed by atoms with E-state index in [9.17, 15) is 0 Å². The van der Waals surface area contributed by atoms with E-state index in [0.29, 0.717) is 6.04 Å². The third kappa shape index (κ3) is 3.28. The maximum atomic E-state index is 3.74. The van der Waals surface area contributed by atoms with Crippen molar-refractivity contribution in [1.29, 1.82) is 0 Å². The van der Waals surface area contributed by atoms with E-state index in [2.05, 4.69) is 47.8 Å². The van der Waals surface area contributed by atoms with Gasteiger partial charge < -0.3 is 5.32 Å². The predicted octanol–water partition coefficient (Wildman–Crippen LogP) is 5.36. The Balaban J connectivity index is 1.72. The molecule has 0 aliphatic heterocycles. The molecule has 1 heteroatoms. The number of nitrogens with one attached hydrogen (secondary N) is 1. The molecule has 1 aliphatic rings. The monoisotopic (exact) mass is 253 g/mol. The molecule has 1 saturated carbocycles. The standard InChI is InChI=1S/C18H23N/c1-2-4-10-17(11-5-3-1)19-18-13-12-15-8-6-7-9-16(15)14-18/h6-9,12-14,17,19H,1-5,10-11H2. The van der Waals surface area contributed by atoms with Crippen molar-refractivity contribution in [3.63, 3.8) is 0 Å². The van der Waals surface area contributed by atoms with Gasteiger partial charge in [-0.2, -0.15) is 0 Å². The average Bonchev–Trinajstić information content (AvgIpc) is 2.41. The number of hydrogen-bond donors (Lipinski definition) is 1. The van der Waals surface area contributed by atoms with Crippen LogP contribution in [0.3, 0.4) is 0 Å². The van der Waals surface area contributed by atoms with E-state index < -0.39 is 0 Å². The number of rotatable bonds is 2. The van der Waals surface area contributed by atoms with Crippen LogP contribution in [-0.4, -0.2) is 6.04 Å². The minimum atomic E-state index is 0.668. The highest BCUT2D eigenvalue weighted by atomic mass is 14.9. The first-order chi connectivity index (χ1) is 9.42. The van der Waals surface area contributed by atoms with Crippen molar-refractivity contribution < 1.29 is 0 Å². The zero-order chi connectivity index (χ0) is 12.9. The molecule has 1 fully saturated rings. The lowest BCUT2D eigenvalue weighted by molar-refractivity contribution is 0.471. The summed E-state index contributed by atoms with van der Waals surface area (Å²) >= 11 is 0. The van der Waals surface area contributed by atoms with Crippen molar-refractivity contribution in [2.45, 2.75) is 51.0 Å². The Morgan fingerprint density at radius 2 is 1.42 bits per heavy atom. The largest absolute Gasteiger partial charge is 0.382 e. The fraction of sp³-hybridized carbons (Fsp3) is 0.444. The molecule has 0 unspecified atom stereocenters. The van der Waals surface area contributed by atoms with Gasteiger partial charge in [0.05, 0.1) is 0 Å². The summed E-state index contributed by atoms with van der Waals surface area (Å²) in [5.74, 6) is 0. The Kier molecular flexibility index (Phi) is 4.02. The minimum absolute atomic E-state index is 0.668. The second-order valence-electron chi connectivity index (χ2n) is 5.75. The Hall–Kier alpha value is -1.50. The van der Waals surface area contributed by atoms with E-state index in [0.717, 1.165) is 0 Å². The molecule has 100 valence electrons. The number of anilines is 1. The molecule has 2 aromatic rings. The second kappa shape index (κ2) is 6.10. The van der Waals surface area contributed by atoms with Crippen LogP contribution in [0.15, 0.2) is 42.5 Å². The van der Waals surface area contributed by atoms with Crippen LogP contribution in [0.4, 0.5) is 5.69 Å². The number of benzene rings is 2. The van der Waals surface area contributed by atoms with Gasteiger partial charge in [0.25, 0.3) is 0 Å². The molecule has 0 atom stereocenters. The fourth-order valence-electron chi connectivity index (χ4n) is 3.12. The van der Waals surface area contributed by atoms with Gasteiger partial charge in [-0.25, -0.2) is 0 Å². The number of hydrogen-bond acceptors (Lipinski definition) is 1. The summed E-state index contributed by atoms with van der Waals surface area (Å²) in [4.78, 5) is 0. The van der Waals surface area contributed by atoms with E-state index in [1.54, 1.807) is 0 Å². The summed E-state index contributed by atoms with van der Waals surface area (Å²) in [7, 11) is 0. The molecule has 2 aromatic carbocycles. The summed E-state index contributed by atoms with van der Waals surface area (Å²) < 4.78 is 0. The van der Waals surface area contributed by atoms with Crippen molar-refractivity contribution in [1.82, 2.24) is 0 Å². The van der Waals surface area contributed by atoms with E-state index >= 15 is 0 Å². The molecular formula is C18H23N. The Labute approximate surface area is 116 Å². The Bertz CT molecular complexity index is 524. The molecule has 0 bridgehead atoms. The predicted molar refractivity (Wildman–Crippen MR) is 83.7 cm³/mol. The van der Waals surface area contributed by atoms with Gasteiger partial charge in [0.2, 0.25) is 0 Å². The van der Waals surface area contributed by atoms with Gasteiger partial charge in [0.15, 0.2) is 0 Å². The molecule has 0 aromatic heterocycles. The minimum Gasteiger partial charge on any atom is -0.382 e. The van der Waals surface area contributed by atoms with Crippen LogP contribution in [0.2, 0.25) is 0 Å². The van der Waals surface area contributed by atoms with Gasteiger partial charge in [-0.3, -0.25) is 0 Å². The third-order valence-electron chi connectivity index (χ3n) is 4.23. The van der Waals surface area contributed by atoms with Gasteiger partial charge in [-0.1, -0.05) is 62.4 Å². The molecule has 1 nitrogen and oxygen atoms in total. The zero-order valence-electron chi connectivity index (χ0n) is 11.6. The first kappa shape index (κ1) is 12.5. The molecule has 19 heavy (non-hydrogen) atoms. The highest BCUT2D eigenvalue weighted by Crippen LogP contribution is 2.23. The van der Waals surface area contributed by atoms with Crippen LogP contribution in [0.25, 0.3) is 10.8 Å².